The van der Waals surface area contributed by atoms with Gasteiger partial charge in [-0.3, -0.25) is 9.59 Å². The largest absolute Gasteiger partial charge is 0.384 e. The van der Waals surface area contributed by atoms with Gasteiger partial charge in [-0.15, -0.1) is 0 Å². The van der Waals surface area contributed by atoms with Crippen molar-refractivity contribution in [3.8, 4) is 0 Å². The lowest BCUT2D eigenvalue weighted by Crippen LogP contribution is -2.42. The molecule has 7 nitrogen and oxygen atoms in total. The third kappa shape index (κ3) is 4.31. The van der Waals surface area contributed by atoms with Crippen molar-refractivity contribution < 1.29 is 23.9 Å². The monoisotopic (exact) mass is 254 g/mol. The van der Waals surface area contributed by atoms with E-state index in [2.05, 4.69) is 5.43 Å². The van der Waals surface area contributed by atoms with Gasteiger partial charge in [0.25, 0.3) is 0 Å². The molecule has 0 bridgehead atoms. The van der Waals surface area contributed by atoms with E-state index in [1.54, 1.807) is 0 Å². The van der Waals surface area contributed by atoms with Crippen molar-refractivity contribution in [3.63, 3.8) is 0 Å². The number of carbonyl (C=O) groups is 2. The molecule has 3 N–H and O–H groups in total. The Bertz CT molecular complexity index is 301. The first-order chi connectivity index (χ1) is 6.90. The third-order valence-electron chi connectivity index (χ3n) is 1.68. The van der Waals surface area contributed by atoms with Crippen LogP contribution in [0.2, 0.25) is 0 Å². The zero-order chi connectivity index (χ0) is 11.5. The molecule has 2 amide bonds. The standard InChI is InChI=1S/C6H11N2O5PS/c9-5-1-2-6(10)8(5)7-3-4-15-14(11,12)13/h7H,1-4H2,(H2,11,12,13). The molecule has 0 atom stereocenters. The molecule has 0 spiro atoms. The predicted octanol–water partition coefficient (Wildman–Crippen LogP) is -0.534. The number of hydrazine groups is 1. The fraction of sp³-hybridized carbons (Fsp3) is 0.667. The van der Waals surface area contributed by atoms with Crippen molar-refractivity contribution in [2.45, 2.75) is 12.8 Å². The summed E-state index contributed by atoms with van der Waals surface area (Å²) >= 11 is 0.474. The van der Waals surface area contributed by atoms with Crippen LogP contribution in [0.25, 0.3) is 0 Å². The molecule has 1 fully saturated rings. The minimum Gasteiger partial charge on any atom is -0.317 e. The lowest BCUT2D eigenvalue weighted by molar-refractivity contribution is -0.141. The number of rotatable bonds is 5. The van der Waals surface area contributed by atoms with Gasteiger partial charge in [0.1, 0.15) is 0 Å². The van der Waals surface area contributed by atoms with Gasteiger partial charge in [0.05, 0.1) is 0 Å². The van der Waals surface area contributed by atoms with Gasteiger partial charge in [0, 0.05) is 25.1 Å². The maximum Gasteiger partial charge on any atom is 0.384 e. The second kappa shape index (κ2) is 5.09. The second-order valence-corrected chi connectivity index (χ2v) is 6.70. The molecule has 1 rings (SSSR count). The average Bonchev–Trinajstić information content (AvgIpc) is 2.40. The Kier molecular flexibility index (Phi) is 4.30. The number of hydrogen-bond acceptors (Lipinski definition) is 5. The van der Waals surface area contributed by atoms with E-state index in [4.69, 9.17) is 9.79 Å². The average molecular weight is 254 g/mol. The summed E-state index contributed by atoms with van der Waals surface area (Å²) in [5.41, 5.74) is 2.52. The van der Waals surface area contributed by atoms with E-state index >= 15 is 0 Å². The maximum absolute atomic E-state index is 11.1. The normalized spacial score (nSPS) is 17.6. The summed E-state index contributed by atoms with van der Waals surface area (Å²) in [6.07, 6.45) is 0.384. The van der Waals surface area contributed by atoms with Gasteiger partial charge in [0.2, 0.25) is 11.8 Å². The van der Waals surface area contributed by atoms with Crippen LogP contribution >= 0.6 is 18.2 Å². The number of imide groups is 1. The predicted molar refractivity (Wildman–Crippen MR) is 53.6 cm³/mol. The van der Waals surface area contributed by atoms with Crippen LogP contribution in [0.5, 0.6) is 0 Å². The quantitative estimate of drug-likeness (QED) is 0.344. The van der Waals surface area contributed by atoms with Crippen LogP contribution < -0.4 is 5.43 Å². The summed E-state index contributed by atoms with van der Waals surface area (Å²) in [6.45, 7) is -3.91. The van der Waals surface area contributed by atoms with E-state index in [0.717, 1.165) is 5.01 Å². The van der Waals surface area contributed by atoms with Gasteiger partial charge in [-0.05, 0) is 11.4 Å². The van der Waals surface area contributed by atoms with Gasteiger partial charge in [0.15, 0.2) is 0 Å². The van der Waals surface area contributed by atoms with Crippen molar-refractivity contribution in [2.24, 2.45) is 0 Å². The van der Waals surface area contributed by atoms with Gasteiger partial charge < -0.3 is 9.79 Å². The summed E-state index contributed by atoms with van der Waals surface area (Å²) in [4.78, 5) is 39.1. The molecule has 0 aromatic carbocycles. The first kappa shape index (κ1) is 12.7. The Balaban J connectivity index is 2.23. The Labute approximate surface area is 90.1 Å². The summed E-state index contributed by atoms with van der Waals surface area (Å²) < 4.78 is 10.4. The Morgan fingerprint density at radius 2 is 1.87 bits per heavy atom. The Morgan fingerprint density at radius 3 is 2.33 bits per heavy atom. The molecule has 1 heterocycles. The van der Waals surface area contributed by atoms with Crippen molar-refractivity contribution in [3.05, 3.63) is 0 Å². The van der Waals surface area contributed by atoms with Crippen molar-refractivity contribution in [1.82, 2.24) is 10.4 Å². The van der Waals surface area contributed by atoms with E-state index in [-0.39, 0.29) is 37.0 Å². The SMILES string of the molecule is O=C1CCC(=O)N1NCCSP(=O)(O)O. The molecule has 0 unspecified atom stereocenters. The Hall–Kier alpha value is -0.400. The lowest BCUT2D eigenvalue weighted by Gasteiger charge is -2.14. The maximum atomic E-state index is 11.1. The number of amides is 2. The fourth-order valence-corrected chi connectivity index (χ4v) is 2.48. The first-order valence-electron chi connectivity index (χ1n) is 4.19. The topological polar surface area (TPSA) is 107 Å². The molecule has 0 aliphatic carbocycles. The molecule has 86 valence electrons. The summed E-state index contributed by atoms with van der Waals surface area (Å²) in [5.74, 6) is -0.483. The van der Waals surface area contributed by atoms with Gasteiger partial charge in [-0.25, -0.2) is 15.0 Å². The molecule has 0 aromatic heterocycles. The molecular formula is C6H11N2O5PS. The van der Waals surface area contributed by atoms with E-state index < -0.39 is 6.80 Å². The van der Waals surface area contributed by atoms with Crippen molar-refractivity contribution >= 4 is 30.0 Å². The van der Waals surface area contributed by atoms with Gasteiger partial charge in [-0.2, -0.15) is 0 Å². The third-order valence-corrected chi connectivity index (χ3v) is 3.96. The highest BCUT2D eigenvalue weighted by Crippen LogP contribution is 2.49. The van der Waals surface area contributed by atoms with Gasteiger partial charge >= 0.3 is 6.80 Å². The molecular weight excluding hydrogens is 243 g/mol. The molecule has 0 radical (unpaired) electrons. The molecule has 1 aliphatic rings. The minimum atomic E-state index is -4.07. The fourth-order valence-electron chi connectivity index (χ4n) is 1.07. The highest BCUT2D eigenvalue weighted by molar-refractivity contribution is 8.54. The van der Waals surface area contributed by atoms with Crippen LogP contribution in [-0.2, 0) is 14.2 Å². The number of hydrogen-bond donors (Lipinski definition) is 3. The summed E-state index contributed by atoms with van der Waals surface area (Å²) in [6, 6.07) is 0. The zero-order valence-corrected chi connectivity index (χ0v) is 9.46. The van der Waals surface area contributed by atoms with Crippen LogP contribution in [0.15, 0.2) is 0 Å². The summed E-state index contributed by atoms with van der Waals surface area (Å²) in [5, 5.41) is 0.903. The zero-order valence-electron chi connectivity index (χ0n) is 7.75. The highest BCUT2D eigenvalue weighted by Gasteiger charge is 2.28. The molecule has 9 heteroatoms. The van der Waals surface area contributed by atoms with Crippen LogP contribution in [0.3, 0.4) is 0 Å². The lowest BCUT2D eigenvalue weighted by atomic mass is 10.4. The molecule has 15 heavy (non-hydrogen) atoms. The smallest absolute Gasteiger partial charge is 0.317 e. The molecule has 1 aliphatic heterocycles. The number of carbonyl (C=O) groups excluding carboxylic acids is 2. The van der Waals surface area contributed by atoms with E-state index in [1.165, 1.54) is 0 Å². The number of nitrogens with one attached hydrogen (secondary N) is 1. The van der Waals surface area contributed by atoms with E-state index in [0.29, 0.717) is 11.4 Å². The second-order valence-electron chi connectivity index (χ2n) is 2.85. The first-order valence-corrected chi connectivity index (χ1v) is 7.40. The minimum absolute atomic E-state index is 0.126. The molecule has 0 aromatic rings. The van der Waals surface area contributed by atoms with Crippen LogP contribution in [-0.4, -0.2) is 38.9 Å². The van der Waals surface area contributed by atoms with Crippen LogP contribution in [0.1, 0.15) is 12.8 Å². The van der Waals surface area contributed by atoms with Crippen molar-refractivity contribution in [1.29, 1.82) is 0 Å². The molecule has 0 saturated carbocycles. The molecule has 1 saturated heterocycles. The number of nitrogens with zero attached hydrogens (tertiary/aromatic N) is 1. The summed E-state index contributed by atoms with van der Waals surface area (Å²) in [7, 11) is 0. The van der Waals surface area contributed by atoms with E-state index in [1.807, 2.05) is 0 Å². The van der Waals surface area contributed by atoms with Crippen LogP contribution in [0, 0.1) is 0 Å². The highest BCUT2D eigenvalue weighted by atomic mass is 32.7. The Morgan fingerprint density at radius 1 is 1.33 bits per heavy atom. The van der Waals surface area contributed by atoms with Crippen molar-refractivity contribution in [2.75, 3.05) is 12.3 Å². The van der Waals surface area contributed by atoms with Gasteiger partial charge in [-0.1, -0.05) is 0 Å². The van der Waals surface area contributed by atoms with Crippen LogP contribution in [0.4, 0.5) is 0 Å². The van der Waals surface area contributed by atoms with E-state index in [9.17, 15) is 14.2 Å².